The molecule has 0 saturated carbocycles. The second kappa shape index (κ2) is 8.16. The van der Waals surface area contributed by atoms with E-state index in [0.29, 0.717) is 26.1 Å². The number of nitrogens with one attached hydrogen (secondary N) is 1. The Kier molecular flexibility index (Phi) is 6.46. The van der Waals surface area contributed by atoms with E-state index in [1.54, 1.807) is 4.90 Å². The maximum Gasteiger partial charge on any atom is 0.407 e. The second-order valence-electron chi connectivity index (χ2n) is 7.84. The van der Waals surface area contributed by atoms with Gasteiger partial charge >= 0.3 is 6.09 Å². The van der Waals surface area contributed by atoms with E-state index in [2.05, 4.69) is 10.2 Å². The molecule has 0 aromatic carbocycles. The van der Waals surface area contributed by atoms with Gasteiger partial charge in [-0.2, -0.15) is 0 Å². The van der Waals surface area contributed by atoms with Gasteiger partial charge in [-0.25, -0.2) is 4.79 Å². The first-order chi connectivity index (χ1) is 11.2. The van der Waals surface area contributed by atoms with Gasteiger partial charge in [0.2, 0.25) is 5.91 Å². The van der Waals surface area contributed by atoms with E-state index in [-0.39, 0.29) is 11.9 Å². The highest BCUT2D eigenvalue weighted by Gasteiger charge is 2.27. The Morgan fingerprint density at radius 1 is 1.33 bits per heavy atom. The van der Waals surface area contributed by atoms with Gasteiger partial charge < -0.3 is 20.1 Å². The molecular weight excluding hydrogens is 310 g/mol. The zero-order valence-corrected chi connectivity index (χ0v) is 15.1. The zero-order valence-electron chi connectivity index (χ0n) is 15.1. The van der Waals surface area contributed by atoms with Crippen LogP contribution in [0.1, 0.15) is 46.5 Å². The first-order valence-electron chi connectivity index (χ1n) is 8.90. The van der Waals surface area contributed by atoms with Gasteiger partial charge in [0.05, 0.1) is 6.10 Å². The molecular formula is C17H31N3O4. The van der Waals surface area contributed by atoms with Gasteiger partial charge in [-0.3, -0.25) is 9.69 Å². The molecule has 2 heterocycles. The van der Waals surface area contributed by atoms with E-state index in [1.165, 1.54) is 0 Å². The smallest absolute Gasteiger partial charge is 0.407 e. The molecule has 24 heavy (non-hydrogen) atoms. The lowest BCUT2D eigenvalue weighted by molar-refractivity contribution is -0.129. The van der Waals surface area contributed by atoms with Crippen molar-refractivity contribution in [2.45, 2.75) is 64.2 Å². The van der Waals surface area contributed by atoms with Crippen LogP contribution >= 0.6 is 0 Å². The van der Waals surface area contributed by atoms with Crippen LogP contribution in [0.25, 0.3) is 0 Å². The van der Waals surface area contributed by atoms with E-state index < -0.39 is 17.8 Å². The fourth-order valence-corrected chi connectivity index (χ4v) is 3.32. The summed E-state index contributed by atoms with van der Waals surface area (Å²) in [5.41, 5.74) is -0.503. The van der Waals surface area contributed by atoms with Gasteiger partial charge in [0.25, 0.3) is 0 Å². The average Bonchev–Trinajstić information content (AvgIpc) is 2.82. The molecule has 7 heteroatoms. The molecule has 0 unspecified atom stereocenters. The zero-order chi connectivity index (χ0) is 17.7. The summed E-state index contributed by atoms with van der Waals surface area (Å²) in [5.74, 6) is 0.136. The molecule has 2 fully saturated rings. The lowest BCUT2D eigenvalue weighted by Gasteiger charge is -2.35. The maximum absolute atomic E-state index is 11.9. The Balaban J connectivity index is 1.74. The molecule has 0 spiro atoms. The number of amides is 2. The molecule has 2 aliphatic rings. The van der Waals surface area contributed by atoms with Gasteiger partial charge in [-0.1, -0.05) is 0 Å². The summed E-state index contributed by atoms with van der Waals surface area (Å²) in [6.07, 6.45) is 2.42. The van der Waals surface area contributed by atoms with E-state index in [0.717, 1.165) is 32.4 Å². The number of alkyl carbamates (subject to hydrolysis) is 1. The molecule has 2 saturated heterocycles. The van der Waals surface area contributed by atoms with Crippen molar-refractivity contribution < 1.29 is 19.4 Å². The molecule has 0 bridgehead atoms. The first kappa shape index (κ1) is 19.0. The van der Waals surface area contributed by atoms with Crippen LogP contribution < -0.4 is 5.32 Å². The van der Waals surface area contributed by atoms with Crippen molar-refractivity contribution in [2.75, 3.05) is 32.7 Å². The summed E-state index contributed by atoms with van der Waals surface area (Å²) in [6, 6.07) is 0.0363. The Morgan fingerprint density at radius 2 is 2.08 bits per heavy atom. The van der Waals surface area contributed by atoms with Crippen LogP contribution in [0.15, 0.2) is 0 Å². The minimum absolute atomic E-state index is 0.0363. The van der Waals surface area contributed by atoms with Crippen molar-refractivity contribution >= 4 is 12.0 Å². The van der Waals surface area contributed by atoms with Crippen LogP contribution in [0, 0.1) is 0 Å². The molecule has 7 nitrogen and oxygen atoms in total. The maximum atomic E-state index is 11.9. The first-order valence-corrected chi connectivity index (χ1v) is 8.90. The van der Waals surface area contributed by atoms with Crippen molar-refractivity contribution in [1.82, 2.24) is 15.1 Å². The summed E-state index contributed by atoms with van der Waals surface area (Å²) in [6.45, 7) is 8.80. The van der Waals surface area contributed by atoms with Crippen LogP contribution in [0.5, 0.6) is 0 Å². The Labute approximate surface area is 144 Å². The average molecular weight is 341 g/mol. The largest absolute Gasteiger partial charge is 0.444 e. The molecule has 0 aromatic heterocycles. The molecule has 138 valence electrons. The summed E-state index contributed by atoms with van der Waals surface area (Å²) >= 11 is 0. The predicted octanol–water partition coefficient (Wildman–Crippen LogP) is 0.959. The third kappa shape index (κ3) is 6.28. The van der Waals surface area contributed by atoms with E-state index in [9.17, 15) is 14.7 Å². The van der Waals surface area contributed by atoms with E-state index >= 15 is 0 Å². The number of rotatable bonds is 5. The molecule has 0 aliphatic carbocycles. The lowest BCUT2D eigenvalue weighted by atomic mass is 10.1. The number of β-amino-alcohol motifs (C(OH)–C–C–N with tert-alkyl or cyclic N) is 1. The van der Waals surface area contributed by atoms with Crippen LogP contribution in [-0.2, 0) is 9.53 Å². The number of piperidine rings is 1. The topological polar surface area (TPSA) is 82.1 Å². The highest BCUT2D eigenvalue weighted by atomic mass is 16.6. The highest BCUT2D eigenvalue weighted by molar-refractivity contribution is 5.78. The molecule has 2 amide bonds. The minimum atomic E-state index is -0.549. The molecule has 2 N–H and O–H groups in total. The quantitative estimate of drug-likeness (QED) is 0.778. The molecule has 2 aliphatic heterocycles. The fourth-order valence-electron chi connectivity index (χ4n) is 3.32. The van der Waals surface area contributed by atoms with E-state index in [1.807, 2.05) is 20.8 Å². The van der Waals surface area contributed by atoms with Gasteiger partial charge in [-0.05, 0) is 46.6 Å². The number of hydrogen-bond donors (Lipinski definition) is 2. The van der Waals surface area contributed by atoms with Crippen molar-refractivity contribution in [3.05, 3.63) is 0 Å². The van der Waals surface area contributed by atoms with E-state index in [4.69, 9.17) is 4.74 Å². The molecule has 0 radical (unpaired) electrons. The Bertz CT molecular complexity index is 450. The summed E-state index contributed by atoms with van der Waals surface area (Å²) < 4.78 is 5.30. The van der Waals surface area contributed by atoms with Crippen molar-refractivity contribution in [3.8, 4) is 0 Å². The third-order valence-corrected chi connectivity index (χ3v) is 4.30. The number of hydrogen-bond acceptors (Lipinski definition) is 5. The number of ether oxygens (including phenoxy) is 1. The second-order valence-corrected chi connectivity index (χ2v) is 7.84. The van der Waals surface area contributed by atoms with Crippen LogP contribution in [0.2, 0.25) is 0 Å². The third-order valence-electron chi connectivity index (χ3n) is 4.30. The number of aliphatic hydroxyl groups excluding tert-OH is 1. The fraction of sp³-hybridized carbons (Fsp3) is 0.882. The van der Waals surface area contributed by atoms with Crippen LogP contribution in [0.4, 0.5) is 4.79 Å². The van der Waals surface area contributed by atoms with Crippen molar-refractivity contribution in [3.63, 3.8) is 0 Å². The van der Waals surface area contributed by atoms with Crippen LogP contribution in [0.3, 0.4) is 0 Å². The highest BCUT2D eigenvalue weighted by Crippen LogP contribution is 2.14. The molecule has 2 rings (SSSR count). The number of carbonyl (C=O) groups excluding carboxylic acids is 2. The predicted molar refractivity (Wildman–Crippen MR) is 90.7 cm³/mol. The van der Waals surface area contributed by atoms with Crippen molar-refractivity contribution in [1.29, 1.82) is 0 Å². The summed E-state index contributed by atoms with van der Waals surface area (Å²) in [7, 11) is 0. The van der Waals surface area contributed by atoms with Gasteiger partial charge in [-0.15, -0.1) is 0 Å². The number of nitrogens with zero attached hydrogens (tertiary/aromatic N) is 2. The SMILES string of the molecule is CC(C)(C)OC(=O)N[C@@H]1CCCN(C[C@H](O)CN2CCCC2=O)C1. The Hall–Kier alpha value is -1.34. The lowest BCUT2D eigenvalue weighted by Crippen LogP contribution is -2.51. The summed E-state index contributed by atoms with van der Waals surface area (Å²) in [4.78, 5) is 27.4. The number of carbonyl (C=O) groups is 2. The van der Waals surface area contributed by atoms with Gasteiger partial charge in [0.15, 0.2) is 0 Å². The number of aliphatic hydroxyl groups is 1. The van der Waals surface area contributed by atoms with Gasteiger partial charge in [0, 0.05) is 38.6 Å². The Morgan fingerprint density at radius 3 is 2.71 bits per heavy atom. The number of likely N-dealkylation sites (tertiary alicyclic amines) is 2. The monoisotopic (exact) mass is 341 g/mol. The standard InChI is InChI=1S/C17H31N3O4/c1-17(2,3)24-16(23)18-13-6-4-8-19(10-13)11-14(21)12-20-9-5-7-15(20)22/h13-14,21H,4-12H2,1-3H3,(H,18,23)/t13-,14+/m1/s1. The summed E-state index contributed by atoms with van der Waals surface area (Å²) in [5, 5.41) is 13.2. The normalized spacial score (nSPS) is 24.1. The minimum Gasteiger partial charge on any atom is -0.444 e. The van der Waals surface area contributed by atoms with Crippen molar-refractivity contribution in [2.24, 2.45) is 0 Å². The van der Waals surface area contributed by atoms with Gasteiger partial charge in [0.1, 0.15) is 5.60 Å². The molecule has 0 aromatic rings. The molecule has 2 atom stereocenters. The van der Waals surface area contributed by atoms with Crippen LogP contribution in [-0.4, -0.2) is 77.4 Å².